The van der Waals surface area contributed by atoms with E-state index in [1.54, 1.807) is 14.2 Å². The number of alkyl halides is 6. The number of benzene rings is 1. The van der Waals surface area contributed by atoms with Crippen molar-refractivity contribution in [2.24, 2.45) is 8.91 Å². The zero-order valence-electron chi connectivity index (χ0n) is 24.2. The third kappa shape index (κ3) is 22.1. The van der Waals surface area contributed by atoms with Gasteiger partial charge in [-0.2, -0.15) is 43.2 Å². The Kier molecular flexibility index (Phi) is 20.8. The van der Waals surface area contributed by atoms with Crippen molar-refractivity contribution in [3.8, 4) is 0 Å². The Labute approximate surface area is 246 Å². The Balaban J connectivity index is -0.000000544. The molecule has 0 aliphatic rings. The van der Waals surface area contributed by atoms with Gasteiger partial charge in [-0.3, -0.25) is 9.11 Å². The quantitative estimate of drug-likeness (QED) is 0.108. The van der Waals surface area contributed by atoms with Crippen LogP contribution in [-0.2, 0) is 47.6 Å². The van der Waals surface area contributed by atoms with Gasteiger partial charge in [0.1, 0.15) is 0 Å². The van der Waals surface area contributed by atoms with E-state index in [1.807, 2.05) is 0 Å². The first-order valence-electron chi connectivity index (χ1n) is 11.5. The molecule has 18 heteroatoms. The number of ether oxygens (including phenoxy) is 2. The van der Waals surface area contributed by atoms with E-state index in [-0.39, 0.29) is 5.41 Å². The zero-order chi connectivity index (χ0) is 33.5. The van der Waals surface area contributed by atoms with E-state index in [4.69, 9.17) is 29.4 Å². The molecule has 41 heavy (non-hydrogen) atoms. The maximum Gasteiger partial charge on any atom is 0.522 e. The summed E-state index contributed by atoms with van der Waals surface area (Å²) in [7, 11) is -8.38. The molecule has 1 rings (SSSR count). The third-order valence-electron chi connectivity index (χ3n) is 3.97. The molecule has 0 amide bonds. The second-order valence-electron chi connectivity index (χ2n) is 9.60. The first-order valence-corrected chi connectivity index (χ1v) is 16.5. The minimum atomic E-state index is -5.84. The first kappa shape index (κ1) is 44.3. The molecule has 0 heterocycles. The summed E-state index contributed by atoms with van der Waals surface area (Å²) in [6.45, 7) is 17.2. The van der Waals surface area contributed by atoms with Crippen molar-refractivity contribution < 1.29 is 79.7 Å². The van der Waals surface area contributed by atoms with Crippen LogP contribution in [0.3, 0.4) is 0 Å². The maximum absolute atomic E-state index is 10.7. The van der Waals surface area contributed by atoms with E-state index in [9.17, 15) is 26.3 Å². The van der Waals surface area contributed by atoms with Gasteiger partial charge in [-0.15, -0.1) is 0 Å². The third-order valence-corrected chi connectivity index (χ3v) is 7.84. The predicted octanol–water partition coefficient (Wildman–Crippen LogP) is 6.75. The van der Waals surface area contributed by atoms with E-state index < -0.39 is 49.2 Å². The second kappa shape index (κ2) is 19.2. The molecule has 1 aromatic rings. The molecule has 0 aliphatic heterocycles. The van der Waals surface area contributed by atoms with Crippen LogP contribution in [-0.4, -0.2) is 68.8 Å². The van der Waals surface area contributed by atoms with Crippen LogP contribution in [0.5, 0.6) is 0 Å². The minimum absolute atomic E-state index is 0.288. The normalized spacial score (nSPS) is 12.3. The average Bonchev–Trinajstić information content (AvgIpc) is 2.75. The molecule has 244 valence electrons. The number of halogens is 6. The number of methoxy groups -OCH3 is 2. The number of nitrogens with zero attached hydrogens (tertiary/aromatic N) is 1. The summed E-state index contributed by atoms with van der Waals surface area (Å²) in [5.74, 6) is 1.08. The molecule has 9 nitrogen and oxygen atoms in total. The van der Waals surface area contributed by atoms with E-state index in [2.05, 4.69) is 80.5 Å². The van der Waals surface area contributed by atoms with Gasteiger partial charge in [-0.05, 0) is 0 Å². The SMILES string of the molecule is CC(C)c1cccc(C(C)C)c1[N]=[Mo]=[CH]C(C)(C)C.COCCOC.O=S(=O)(O)C(F)(F)F.O=S(=O)(O)C(F)(F)F. The van der Waals surface area contributed by atoms with Crippen molar-refractivity contribution in [2.75, 3.05) is 27.4 Å². The fourth-order valence-corrected chi connectivity index (χ4v) is 3.71. The van der Waals surface area contributed by atoms with Crippen LogP contribution in [0.2, 0.25) is 0 Å². The molecule has 0 aliphatic carbocycles. The van der Waals surface area contributed by atoms with Gasteiger partial charge >= 0.3 is 158 Å². The van der Waals surface area contributed by atoms with Crippen LogP contribution in [0.25, 0.3) is 0 Å². The summed E-state index contributed by atoms with van der Waals surface area (Å²) >= 11 is -0.415. The molecule has 1 aromatic carbocycles. The summed E-state index contributed by atoms with van der Waals surface area (Å²) in [6.07, 6.45) is 0. The standard InChI is InChI=1S/C12H17N.C5H10.C4H10O2.2CHF3O3S.Mo/c1-8(2)10-6-5-7-11(9(3)4)12(10)13;1-5(2,3)4;1-5-3-4-6-2;2*2-1(3,4)8(5,6)7;/h5-9H,1-4H3;1H,2-4H3;3-4H2,1-2H3;2*(H,5,6,7);. The Morgan fingerprint density at radius 3 is 1.29 bits per heavy atom. The molecular formula is C23H39F6MoNO8S2. The maximum atomic E-state index is 10.7. The van der Waals surface area contributed by atoms with Crippen LogP contribution in [0.4, 0.5) is 32.0 Å². The molecule has 0 unspecified atom stereocenters. The summed E-state index contributed by atoms with van der Waals surface area (Å²) < 4.78 is 132. The van der Waals surface area contributed by atoms with Gasteiger partial charge in [0.2, 0.25) is 0 Å². The Bertz CT molecular complexity index is 1100. The molecule has 0 bridgehead atoms. The van der Waals surface area contributed by atoms with Crippen molar-refractivity contribution in [1.82, 2.24) is 0 Å². The van der Waals surface area contributed by atoms with Gasteiger partial charge in [0, 0.05) is 14.2 Å². The molecule has 2 N–H and O–H groups in total. The van der Waals surface area contributed by atoms with Crippen LogP contribution >= 0.6 is 0 Å². The summed E-state index contributed by atoms with van der Waals surface area (Å²) in [5.41, 5.74) is -6.70. The number of hydrogen-bond acceptors (Lipinski definition) is 7. The van der Waals surface area contributed by atoms with Gasteiger partial charge in [-0.1, -0.05) is 0 Å². The number of rotatable bonds is 6. The molecule has 0 fully saturated rings. The van der Waals surface area contributed by atoms with E-state index in [0.717, 1.165) is 0 Å². The molecule has 0 aromatic heterocycles. The summed E-state index contributed by atoms with van der Waals surface area (Å²) in [5, 5.41) is 0. The fraction of sp³-hybridized carbons (Fsp3) is 0.696. The minimum Gasteiger partial charge on any atom is -0.382 e. The van der Waals surface area contributed by atoms with Gasteiger partial charge in [-0.25, -0.2) is 0 Å². The van der Waals surface area contributed by atoms with Crippen LogP contribution in [0, 0.1) is 5.41 Å². The van der Waals surface area contributed by atoms with Crippen molar-refractivity contribution >= 4 is 30.3 Å². The molecule has 0 radical (unpaired) electrons. The van der Waals surface area contributed by atoms with Crippen LogP contribution < -0.4 is 0 Å². The second-order valence-corrected chi connectivity index (χ2v) is 14.0. The smallest absolute Gasteiger partial charge is 0.382 e. The van der Waals surface area contributed by atoms with Crippen molar-refractivity contribution in [1.29, 1.82) is 0 Å². The van der Waals surface area contributed by atoms with E-state index in [0.29, 0.717) is 25.0 Å². The molecule has 0 saturated carbocycles. The van der Waals surface area contributed by atoms with E-state index in [1.165, 1.54) is 16.8 Å². The summed E-state index contributed by atoms with van der Waals surface area (Å²) in [6, 6.07) is 6.65. The number of hydrogen-bond donors (Lipinski definition) is 2. The molecule has 0 atom stereocenters. The Morgan fingerprint density at radius 1 is 0.805 bits per heavy atom. The van der Waals surface area contributed by atoms with Gasteiger partial charge in [0.15, 0.2) is 0 Å². The largest absolute Gasteiger partial charge is 0.522 e. The van der Waals surface area contributed by atoms with Crippen LogP contribution in [0.1, 0.15) is 71.4 Å². The van der Waals surface area contributed by atoms with Crippen molar-refractivity contribution in [3.63, 3.8) is 0 Å². The van der Waals surface area contributed by atoms with Crippen LogP contribution in [0.15, 0.2) is 21.7 Å². The predicted molar refractivity (Wildman–Crippen MR) is 141 cm³/mol. The van der Waals surface area contributed by atoms with Gasteiger partial charge in [0.25, 0.3) is 0 Å². The van der Waals surface area contributed by atoms with Crippen molar-refractivity contribution in [3.05, 3.63) is 29.3 Å². The Morgan fingerprint density at radius 2 is 1.10 bits per heavy atom. The van der Waals surface area contributed by atoms with Gasteiger partial charge < -0.3 is 9.47 Å². The van der Waals surface area contributed by atoms with Gasteiger partial charge in [0.05, 0.1) is 13.2 Å². The molecule has 0 spiro atoms. The van der Waals surface area contributed by atoms with E-state index >= 15 is 0 Å². The average molecular weight is 732 g/mol. The zero-order valence-corrected chi connectivity index (χ0v) is 27.8. The molecule has 0 saturated heterocycles. The summed E-state index contributed by atoms with van der Waals surface area (Å²) in [4.78, 5) is 0. The monoisotopic (exact) mass is 733 g/mol. The topological polar surface area (TPSA) is 140 Å². The molecular weight excluding hydrogens is 692 g/mol. The Hall–Kier alpha value is -1.10. The fourth-order valence-electron chi connectivity index (χ4n) is 2.02. The first-order chi connectivity index (χ1) is 18.1. The van der Waals surface area contributed by atoms with Crippen molar-refractivity contribution in [2.45, 2.75) is 71.3 Å².